The Morgan fingerprint density at radius 2 is 0.880 bits per heavy atom. The molecule has 0 fully saturated rings. The van der Waals surface area contributed by atoms with Crippen molar-refractivity contribution in [3.63, 3.8) is 0 Å². The molecule has 1 aliphatic heterocycles. The highest BCUT2D eigenvalue weighted by molar-refractivity contribution is 6.01. The molecule has 3 nitrogen and oxygen atoms in total. The molecule has 2 unspecified atom stereocenters. The summed E-state index contributed by atoms with van der Waals surface area (Å²) in [6.45, 7) is 0. The van der Waals surface area contributed by atoms with E-state index < -0.39 is 0 Å². The van der Waals surface area contributed by atoms with Gasteiger partial charge >= 0.3 is 0 Å². The van der Waals surface area contributed by atoms with Crippen LogP contribution in [0.15, 0.2) is 193 Å². The summed E-state index contributed by atoms with van der Waals surface area (Å²) in [5, 5.41) is 12.6. The van der Waals surface area contributed by atoms with Crippen molar-refractivity contribution >= 4 is 27.4 Å². The van der Waals surface area contributed by atoms with E-state index >= 15 is 0 Å². The van der Waals surface area contributed by atoms with E-state index in [2.05, 4.69) is 199 Å². The van der Waals surface area contributed by atoms with E-state index in [1.807, 2.05) is 0 Å². The molecule has 1 aliphatic rings. The van der Waals surface area contributed by atoms with Gasteiger partial charge in [-0.15, -0.1) is 0 Å². The molecule has 238 valence electrons. The highest BCUT2D eigenvalue weighted by Gasteiger charge is 2.26. The van der Waals surface area contributed by atoms with Gasteiger partial charge in [0.2, 0.25) is 0 Å². The van der Waals surface area contributed by atoms with E-state index in [1.165, 1.54) is 54.9 Å². The number of hydrogen-bond acceptors (Lipinski definition) is 3. The van der Waals surface area contributed by atoms with Gasteiger partial charge in [-0.1, -0.05) is 170 Å². The smallest absolute Gasteiger partial charge is 0.131 e. The van der Waals surface area contributed by atoms with Crippen molar-refractivity contribution < 1.29 is 0 Å². The fraction of sp³-hybridized carbons (Fsp3) is 0.0426. The van der Waals surface area contributed by atoms with E-state index in [-0.39, 0.29) is 12.3 Å². The third-order valence-electron chi connectivity index (χ3n) is 9.73. The molecule has 2 atom stereocenters. The molecule has 0 spiro atoms. The Morgan fingerprint density at radius 1 is 0.380 bits per heavy atom. The first-order valence-corrected chi connectivity index (χ1v) is 17.2. The van der Waals surface area contributed by atoms with Crippen molar-refractivity contribution in [1.82, 2.24) is 10.6 Å². The van der Waals surface area contributed by atoms with Gasteiger partial charge in [0.15, 0.2) is 0 Å². The predicted octanol–water partition coefficient (Wildman–Crippen LogP) is 11.3. The molecule has 0 saturated carbocycles. The molecule has 1 heterocycles. The Balaban J connectivity index is 1.19. The first-order chi connectivity index (χ1) is 24.8. The number of nitrogens with one attached hydrogen (secondary N) is 2. The van der Waals surface area contributed by atoms with Crippen molar-refractivity contribution in [2.45, 2.75) is 12.3 Å². The summed E-state index contributed by atoms with van der Waals surface area (Å²) in [5.74, 6) is 0.865. The number of benzene rings is 8. The molecule has 0 saturated heterocycles. The van der Waals surface area contributed by atoms with E-state index in [9.17, 15) is 0 Å². The Labute approximate surface area is 292 Å². The summed E-state index contributed by atoms with van der Waals surface area (Å²) in [4.78, 5) is 5.24. The van der Waals surface area contributed by atoms with E-state index in [0.29, 0.717) is 0 Å². The lowest BCUT2D eigenvalue weighted by Crippen LogP contribution is -2.45. The zero-order valence-corrected chi connectivity index (χ0v) is 27.5. The van der Waals surface area contributed by atoms with Crippen LogP contribution in [0.5, 0.6) is 0 Å². The SMILES string of the molecule is c1ccc(-c2ccc(C3=NC(c4ccccc4)NC(c4cc(-c5cccc6ccccc56)cc(-c5cccc6ccccc56)c4)N3)cc2)cc1. The molecule has 0 amide bonds. The van der Waals surface area contributed by atoms with Gasteiger partial charge in [-0.25, -0.2) is 4.99 Å². The quantitative estimate of drug-likeness (QED) is 0.190. The molecule has 8 aromatic rings. The summed E-state index contributed by atoms with van der Waals surface area (Å²) in [6.07, 6.45) is -0.432. The molecule has 50 heavy (non-hydrogen) atoms. The maximum absolute atomic E-state index is 5.24. The van der Waals surface area contributed by atoms with Gasteiger partial charge in [-0.3, -0.25) is 5.32 Å². The molecule has 0 aliphatic carbocycles. The van der Waals surface area contributed by atoms with Crippen molar-refractivity contribution in [3.8, 4) is 33.4 Å². The fourth-order valence-electron chi connectivity index (χ4n) is 7.22. The summed E-state index contributed by atoms with van der Waals surface area (Å²) in [7, 11) is 0. The second-order valence-corrected chi connectivity index (χ2v) is 12.9. The lowest BCUT2D eigenvalue weighted by molar-refractivity contribution is 0.409. The van der Waals surface area contributed by atoms with Crippen LogP contribution < -0.4 is 10.6 Å². The average molecular weight is 642 g/mol. The van der Waals surface area contributed by atoms with Gasteiger partial charge in [0.05, 0.1) is 0 Å². The molecule has 8 aromatic carbocycles. The standard InChI is InChI=1S/C47H35N3/c1-3-13-32(14-4-1)33-25-27-37(28-26-33)46-48-45(36-17-5-2-6-18-36)49-47(50-46)40-30-38(43-23-11-19-34-15-7-9-21-41(34)43)29-39(31-40)44-24-12-20-35-16-8-10-22-42(35)44/h1-31,45,47,49H,(H,48,50). The average Bonchev–Trinajstić information content (AvgIpc) is 3.21. The molecular weight excluding hydrogens is 607 g/mol. The largest absolute Gasteiger partial charge is 0.350 e. The van der Waals surface area contributed by atoms with Crippen molar-refractivity contribution in [2.24, 2.45) is 4.99 Å². The molecule has 2 N–H and O–H groups in total. The van der Waals surface area contributed by atoms with Crippen molar-refractivity contribution in [2.75, 3.05) is 0 Å². The van der Waals surface area contributed by atoms with Crippen LogP contribution in [-0.2, 0) is 0 Å². The number of nitrogens with zero attached hydrogens (tertiary/aromatic N) is 1. The van der Waals surface area contributed by atoms with Gasteiger partial charge in [0.1, 0.15) is 18.2 Å². The number of hydrogen-bond donors (Lipinski definition) is 2. The minimum Gasteiger partial charge on any atom is -0.350 e. The topological polar surface area (TPSA) is 36.4 Å². The second-order valence-electron chi connectivity index (χ2n) is 12.9. The van der Waals surface area contributed by atoms with E-state index in [1.54, 1.807) is 0 Å². The van der Waals surface area contributed by atoms with Gasteiger partial charge in [0, 0.05) is 5.56 Å². The number of amidine groups is 1. The molecule has 0 aromatic heterocycles. The van der Waals surface area contributed by atoms with Crippen LogP contribution in [0.4, 0.5) is 0 Å². The third-order valence-corrected chi connectivity index (χ3v) is 9.73. The fourth-order valence-corrected chi connectivity index (χ4v) is 7.22. The summed E-state index contributed by atoms with van der Waals surface area (Å²) in [6, 6.07) is 67.2. The van der Waals surface area contributed by atoms with Gasteiger partial charge < -0.3 is 5.32 Å². The van der Waals surface area contributed by atoms with Crippen LogP contribution in [0.25, 0.3) is 54.9 Å². The van der Waals surface area contributed by atoms with Crippen LogP contribution in [0.2, 0.25) is 0 Å². The zero-order valence-electron chi connectivity index (χ0n) is 27.5. The van der Waals surface area contributed by atoms with Crippen LogP contribution in [-0.4, -0.2) is 5.84 Å². The van der Waals surface area contributed by atoms with Crippen LogP contribution in [0.1, 0.15) is 29.0 Å². The van der Waals surface area contributed by atoms with Gasteiger partial charge in [-0.2, -0.15) is 0 Å². The molecule has 3 heteroatoms. The molecular formula is C47H35N3. The van der Waals surface area contributed by atoms with Crippen LogP contribution in [0.3, 0.4) is 0 Å². The number of aliphatic imine (C=N–C) groups is 1. The van der Waals surface area contributed by atoms with Gasteiger partial charge in [-0.05, 0) is 84.3 Å². The Bertz CT molecular complexity index is 2380. The third kappa shape index (κ3) is 5.74. The van der Waals surface area contributed by atoms with Crippen molar-refractivity contribution in [1.29, 1.82) is 0 Å². The molecule has 9 rings (SSSR count). The highest BCUT2D eigenvalue weighted by atomic mass is 15.3. The first-order valence-electron chi connectivity index (χ1n) is 17.2. The number of fused-ring (bicyclic) bond motifs is 2. The van der Waals surface area contributed by atoms with Crippen molar-refractivity contribution in [3.05, 3.63) is 205 Å². The Kier molecular flexibility index (Phi) is 7.73. The van der Waals surface area contributed by atoms with Gasteiger partial charge in [0.25, 0.3) is 0 Å². The summed E-state index contributed by atoms with van der Waals surface area (Å²) >= 11 is 0. The van der Waals surface area contributed by atoms with Crippen LogP contribution in [0, 0.1) is 0 Å². The minimum atomic E-state index is -0.228. The second kappa shape index (κ2) is 13.0. The maximum Gasteiger partial charge on any atom is 0.131 e. The van der Waals surface area contributed by atoms with E-state index in [4.69, 9.17) is 4.99 Å². The first kappa shape index (κ1) is 29.8. The Morgan fingerprint density at radius 3 is 1.50 bits per heavy atom. The normalized spacial score (nSPS) is 15.8. The summed E-state index contributed by atoms with van der Waals surface area (Å²) < 4.78 is 0. The highest BCUT2D eigenvalue weighted by Crippen LogP contribution is 2.37. The van der Waals surface area contributed by atoms with E-state index in [0.717, 1.165) is 22.5 Å². The predicted molar refractivity (Wildman–Crippen MR) is 209 cm³/mol. The zero-order chi connectivity index (χ0) is 33.3. The number of rotatable bonds is 6. The maximum atomic E-state index is 5.24. The minimum absolute atomic E-state index is 0.204. The molecule has 0 radical (unpaired) electrons. The lowest BCUT2D eigenvalue weighted by Gasteiger charge is -2.33. The van der Waals surface area contributed by atoms with Crippen LogP contribution >= 0.6 is 0 Å². The lowest BCUT2D eigenvalue weighted by atomic mass is 9.90. The molecule has 0 bridgehead atoms. The monoisotopic (exact) mass is 641 g/mol. The Hall–Kier alpha value is -6.29. The summed E-state index contributed by atoms with van der Waals surface area (Å²) in [5.41, 5.74) is 10.5.